The zero-order valence-corrected chi connectivity index (χ0v) is 20.3. The topological polar surface area (TPSA) is 57.9 Å². The highest BCUT2D eigenvalue weighted by Gasteiger charge is 2.12. The zero-order valence-electron chi connectivity index (χ0n) is 18.0. The Labute approximate surface area is 191 Å². The van der Waals surface area contributed by atoms with Crippen molar-refractivity contribution in [2.75, 3.05) is 13.7 Å². The van der Waals surface area contributed by atoms with Gasteiger partial charge in [-0.1, -0.05) is 38.4 Å². The molecule has 0 fully saturated rings. The molecular formula is C23H28BrClO5. The molecule has 3 rings (SSSR count). The molecule has 0 saturated carbocycles. The van der Waals surface area contributed by atoms with Crippen molar-refractivity contribution in [3.05, 3.63) is 57.2 Å². The number of methoxy groups -OCH3 is 1. The lowest BCUT2D eigenvalue weighted by molar-refractivity contribution is -0.128. The number of hydrogen-bond donors (Lipinski definition) is 0. The molecular weight excluding hydrogens is 472 g/mol. The van der Waals surface area contributed by atoms with Crippen LogP contribution in [0.25, 0.3) is 11.0 Å². The fraction of sp³-hybridized carbons (Fsp3) is 0.348. The Morgan fingerprint density at radius 3 is 2.43 bits per heavy atom. The van der Waals surface area contributed by atoms with Gasteiger partial charge >= 0.3 is 0 Å². The first-order valence-electron chi connectivity index (χ1n) is 9.74. The first-order chi connectivity index (χ1) is 14.5. The summed E-state index contributed by atoms with van der Waals surface area (Å²) in [5.74, 6) is 1.60. The van der Waals surface area contributed by atoms with Crippen LogP contribution in [0.5, 0.6) is 11.5 Å². The van der Waals surface area contributed by atoms with Gasteiger partial charge in [-0.15, -0.1) is 0 Å². The molecule has 0 saturated heterocycles. The van der Waals surface area contributed by atoms with Crippen molar-refractivity contribution in [2.45, 2.75) is 40.7 Å². The minimum atomic E-state index is 0.403. The first-order valence-corrected chi connectivity index (χ1v) is 10.9. The molecule has 1 heterocycles. The number of benzene rings is 2. The van der Waals surface area contributed by atoms with Crippen molar-refractivity contribution < 1.29 is 23.4 Å². The van der Waals surface area contributed by atoms with E-state index in [0.29, 0.717) is 24.7 Å². The zero-order chi connectivity index (χ0) is 22.5. The summed E-state index contributed by atoms with van der Waals surface area (Å²) in [4.78, 5) is 9.18. The van der Waals surface area contributed by atoms with Gasteiger partial charge in [0.2, 0.25) is 0 Å². The van der Waals surface area contributed by atoms with Crippen LogP contribution < -0.4 is 9.47 Å². The Kier molecular flexibility index (Phi) is 12.0. The fourth-order valence-corrected chi connectivity index (χ4v) is 3.44. The van der Waals surface area contributed by atoms with Gasteiger partial charge in [0.25, 0.3) is 6.47 Å². The van der Waals surface area contributed by atoms with E-state index in [0.717, 1.165) is 44.5 Å². The predicted octanol–water partition coefficient (Wildman–Crippen LogP) is 7.20. The molecule has 0 radical (unpaired) electrons. The van der Waals surface area contributed by atoms with E-state index >= 15 is 0 Å². The first kappa shape index (κ1) is 25.9. The molecule has 2 aromatic carbocycles. The third-order valence-corrected chi connectivity index (χ3v) is 4.75. The normalized spacial score (nSPS) is 9.70. The Bertz CT molecular complexity index is 923. The maximum absolute atomic E-state index is 9.18. The van der Waals surface area contributed by atoms with Gasteiger partial charge in [-0.05, 0) is 53.0 Å². The van der Waals surface area contributed by atoms with E-state index in [1.807, 2.05) is 44.2 Å². The molecule has 0 unspecified atom stereocenters. The number of rotatable bonds is 7. The largest absolute Gasteiger partial charge is 0.497 e. The second kappa shape index (κ2) is 13.9. The molecule has 0 aliphatic rings. The molecule has 30 heavy (non-hydrogen) atoms. The molecule has 0 spiro atoms. The Balaban J connectivity index is 0.000000565. The number of hydrogen-bond acceptors (Lipinski definition) is 5. The Morgan fingerprint density at radius 1 is 1.13 bits per heavy atom. The van der Waals surface area contributed by atoms with Crippen LogP contribution in [0.3, 0.4) is 0 Å². The van der Waals surface area contributed by atoms with Crippen LogP contribution in [0.1, 0.15) is 38.8 Å². The van der Waals surface area contributed by atoms with Crippen LogP contribution in [0, 0.1) is 0 Å². The summed E-state index contributed by atoms with van der Waals surface area (Å²) < 4.78 is 21.9. The van der Waals surface area contributed by atoms with E-state index in [4.69, 9.17) is 25.5 Å². The van der Waals surface area contributed by atoms with E-state index in [2.05, 4.69) is 27.6 Å². The molecule has 164 valence electrons. The summed E-state index contributed by atoms with van der Waals surface area (Å²) in [6.07, 6.45) is 2.60. The lowest BCUT2D eigenvalue weighted by Gasteiger charge is -2.11. The van der Waals surface area contributed by atoms with Crippen LogP contribution in [-0.2, 0) is 22.6 Å². The number of fused-ring (bicyclic) bond motifs is 1. The van der Waals surface area contributed by atoms with Gasteiger partial charge in [-0.25, -0.2) is 0 Å². The summed E-state index contributed by atoms with van der Waals surface area (Å²) in [5, 5.41) is 1.60. The minimum absolute atomic E-state index is 0.403. The number of furan rings is 1. The third kappa shape index (κ3) is 7.26. The van der Waals surface area contributed by atoms with Crippen LogP contribution in [0.2, 0.25) is 5.02 Å². The molecule has 0 bridgehead atoms. The van der Waals surface area contributed by atoms with Crippen molar-refractivity contribution in [2.24, 2.45) is 0 Å². The van der Waals surface area contributed by atoms with Crippen LogP contribution in [-0.4, -0.2) is 20.2 Å². The summed E-state index contributed by atoms with van der Waals surface area (Å²) in [6, 6.07) is 9.57. The monoisotopic (exact) mass is 498 g/mol. The molecule has 0 aliphatic heterocycles. The molecule has 1 aromatic heterocycles. The van der Waals surface area contributed by atoms with E-state index in [1.54, 1.807) is 20.3 Å². The smallest absolute Gasteiger partial charge is 0.293 e. The van der Waals surface area contributed by atoms with E-state index in [1.165, 1.54) is 0 Å². The van der Waals surface area contributed by atoms with E-state index < -0.39 is 0 Å². The van der Waals surface area contributed by atoms with Gasteiger partial charge in [0, 0.05) is 22.0 Å². The van der Waals surface area contributed by atoms with Crippen molar-refractivity contribution in [3.8, 4) is 11.5 Å². The highest BCUT2D eigenvalue weighted by Crippen LogP contribution is 2.33. The Morgan fingerprint density at radius 2 is 1.87 bits per heavy atom. The fourth-order valence-electron chi connectivity index (χ4n) is 2.54. The molecule has 0 atom stereocenters. The average Bonchev–Trinajstić information content (AvgIpc) is 3.17. The number of ether oxygens (including phenoxy) is 3. The van der Waals surface area contributed by atoms with Gasteiger partial charge < -0.3 is 18.6 Å². The van der Waals surface area contributed by atoms with Gasteiger partial charge in [-0.3, -0.25) is 4.79 Å². The standard InChI is InChI=1S/C18H16BrClO3.C3H6O2.C2H6/c1-3-11-4-5-14(21-2)8-17(11)22-9-12-10-23-18-15(12)6-13(20)7-16(18)19;1-2-5-3-4;1-2/h4-8,10H,3,9H2,1-2H3;3H,2H2,1H3;1-2H3. The number of carbonyl (C=O) groups is 1. The van der Waals surface area contributed by atoms with Crippen LogP contribution >= 0.6 is 27.5 Å². The average molecular weight is 500 g/mol. The van der Waals surface area contributed by atoms with Crippen molar-refractivity contribution in [1.82, 2.24) is 0 Å². The van der Waals surface area contributed by atoms with Crippen LogP contribution in [0.4, 0.5) is 0 Å². The summed E-state index contributed by atoms with van der Waals surface area (Å²) >= 11 is 9.59. The Hall–Kier alpha value is -2.18. The third-order valence-electron chi connectivity index (χ3n) is 3.95. The summed E-state index contributed by atoms with van der Waals surface area (Å²) in [7, 11) is 1.65. The molecule has 5 nitrogen and oxygen atoms in total. The maximum Gasteiger partial charge on any atom is 0.293 e. The summed E-state index contributed by atoms with van der Waals surface area (Å²) in [6.45, 7) is 9.16. The second-order valence-electron chi connectivity index (χ2n) is 5.69. The highest BCUT2D eigenvalue weighted by molar-refractivity contribution is 9.10. The van der Waals surface area contributed by atoms with Crippen molar-refractivity contribution in [1.29, 1.82) is 0 Å². The maximum atomic E-state index is 9.18. The van der Waals surface area contributed by atoms with Crippen molar-refractivity contribution >= 4 is 45.0 Å². The van der Waals surface area contributed by atoms with Gasteiger partial charge in [0.05, 0.1) is 24.5 Å². The molecule has 7 heteroatoms. The van der Waals surface area contributed by atoms with Crippen LogP contribution in [0.15, 0.2) is 45.5 Å². The number of halogens is 2. The van der Waals surface area contributed by atoms with Gasteiger partial charge in [0.1, 0.15) is 23.7 Å². The predicted molar refractivity (Wildman–Crippen MR) is 125 cm³/mol. The SMILES string of the molecule is CC.CCOC=O.CCc1ccc(OC)cc1OCc1coc2c(Br)cc(Cl)cc12. The second-order valence-corrected chi connectivity index (χ2v) is 6.98. The highest BCUT2D eigenvalue weighted by atomic mass is 79.9. The molecule has 3 aromatic rings. The van der Waals surface area contributed by atoms with E-state index in [9.17, 15) is 4.79 Å². The lowest BCUT2D eigenvalue weighted by atomic mass is 10.1. The van der Waals surface area contributed by atoms with Gasteiger partial charge in [-0.2, -0.15) is 0 Å². The number of carbonyl (C=O) groups excluding carboxylic acids is 1. The number of aryl methyl sites for hydroxylation is 1. The molecule has 0 aliphatic carbocycles. The lowest BCUT2D eigenvalue weighted by Crippen LogP contribution is -1.98. The molecule has 0 N–H and O–H groups in total. The van der Waals surface area contributed by atoms with Crippen molar-refractivity contribution in [3.63, 3.8) is 0 Å². The summed E-state index contributed by atoms with van der Waals surface area (Å²) in [5.41, 5.74) is 2.86. The van der Waals surface area contributed by atoms with Gasteiger partial charge in [0.15, 0.2) is 0 Å². The van der Waals surface area contributed by atoms with E-state index in [-0.39, 0.29) is 0 Å². The molecule has 0 amide bonds. The quantitative estimate of drug-likeness (QED) is 0.322. The minimum Gasteiger partial charge on any atom is -0.497 e.